The molecule has 0 unspecified atom stereocenters. The maximum atomic E-state index is 6.23. The Morgan fingerprint density at radius 3 is 2.68 bits per heavy atom. The van der Waals surface area contributed by atoms with Crippen LogP contribution in [0, 0.1) is 13.8 Å². The number of benzene rings is 2. The Morgan fingerprint density at radius 2 is 1.89 bits per heavy atom. The summed E-state index contributed by atoms with van der Waals surface area (Å²) in [5.41, 5.74) is 5.16. The van der Waals surface area contributed by atoms with Crippen molar-refractivity contribution in [2.45, 2.75) is 13.8 Å². The van der Waals surface area contributed by atoms with Crippen LogP contribution in [0.15, 0.2) is 30.3 Å². The second-order valence-electron chi connectivity index (χ2n) is 4.66. The first-order valence-corrected chi connectivity index (χ1v) is 6.73. The van der Waals surface area contributed by atoms with Crippen LogP contribution in [0.25, 0.3) is 22.4 Å². The Bertz CT molecular complexity index is 775. The van der Waals surface area contributed by atoms with Gasteiger partial charge in [-0.1, -0.05) is 35.3 Å². The van der Waals surface area contributed by atoms with Gasteiger partial charge in [0.25, 0.3) is 0 Å². The van der Waals surface area contributed by atoms with Crippen LogP contribution in [0.1, 0.15) is 11.1 Å². The van der Waals surface area contributed by atoms with E-state index < -0.39 is 0 Å². The average Bonchev–Trinajstić information content (AvgIpc) is 2.76. The van der Waals surface area contributed by atoms with Gasteiger partial charge in [-0.15, -0.1) is 0 Å². The van der Waals surface area contributed by atoms with Gasteiger partial charge < -0.3 is 4.98 Å². The Kier molecular flexibility index (Phi) is 3.00. The van der Waals surface area contributed by atoms with E-state index in [9.17, 15) is 0 Å². The van der Waals surface area contributed by atoms with Crippen molar-refractivity contribution in [2.24, 2.45) is 0 Å². The molecule has 0 fully saturated rings. The third kappa shape index (κ3) is 2.11. The average molecular weight is 291 g/mol. The number of fused-ring (bicyclic) bond motifs is 1. The third-order valence-electron chi connectivity index (χ3n) is 3.13. The van der Waals surface area contributed by atoms with E-state index in [1.165, 1.54) is 5.56 Å². The molecule has 3 aromatic rings. The van der Waals surface area contributed by atoms with Crippen LogP contribution < -0.4 is 0 Å². The lowest BCUT2D eigenvalue weighted by Crippen LogP contribution is -1.82. The topological polar surface area (TPSA) is 28.7 Å². The zero-order valence-electron chi connectivity index (χ0n) is 10.6. The largest absolute Gasteiger partial charge is 0.338 e. The van der Waals surface area contributed by atoms with E-state index in [2.05, 4.69) is 35.9 Å². The van der Waals surface area contributed by atoms with Crippen LogP contribution >= 0.6 is 23.2 Å². The first-order chi connectivity index (χ1) is 9.06. The van der Waals surface area contributed by atoms with Crippen molar-refractivity contribution in [1.82, 2.24) is 9.97 Å². The quantitative estimate of drug-likeness (QED) is 0.659. The summed E-state index contributed by atoms with van der Waals surface area (Å²) in [5.74, 6) is 0.746. The van der Waals surface area contributed by atoms with Gasteiger partial charge in [0.1, 0.15) is 5.82 Å². The lowest BCUT2D eigenvalue weighted by Gasteiger charge is -2.01. The van der Waals surface area contributed by atoms with Crippen LogP contribution in [0.2, 0.25) is 10.0 Å². The summed E-state index contributed by atoms with van der Waals surface area (Å²) in [5, 5.41) is 1.06. The maximum absolute atomic E-state index is 6.23. The molecule has 96 valence electrons. The van der Waals surface area contributed by atoms with E-state index in [-0.39, 0.29) is 0 Å². The summed E-state index contributed by atoms with van der Waals surface area (Å²) >= 11 is 12.3. The molecule has 2 aromatic carbocycles. The molecule has 0 radical (unpaired) electrons. The zero-order chi connectivity index (χ0) is 13.6. The Hall–Kier alpha value is -1.51. The molecule has 19 heavy (non-hydrogen) atoms. The summed E-state index contributed by atoms with van der Waals surface area (Å²) in [7, 11) is 0. The van der Waals surface area contributed by atoms with Gasteiger partial charge in [-0.3, -0.25) is 0 Å². The van der Waals surface area contributed by atoms with Crippen molar-refractivity contribution in [2.75, 3.05) is 0 Å². The van der Waals surface area contributed by atoms with Crippen LogP contribution in [0.3, 0.4) is 0 Å². The number of aryl methyl sites for hydroxylation is 2. The second-order valence-corrected chi connectivity index (χ2v) is 5.45. The summed E-state index contributed by atoms with van der Waals surface area (Å²) in [6.45, 7) is 4.12. The molecule has 0 aliphatic heterocycles. The van der Waals surface area contributed by atoms with Crippen molar-refractivity contribution in [3.8, 4) is 11.4 Å². The molecule has 0 spiro atoms. The molecule has 0 aliphatic rings. The van der Waals surface area contributed by atoms with Gasteiger partial charge in [-0.05, 0) is 43.2 Å². The number of halogens is 2. The van der Waals surface area contributed by atoms with E-state index in [0.29, 0.717) is 10.0 Å². The third-order valence-corrected chi connectivity index (χ3v) is 3.95. The maximum Gasteiger partial charge on any atom is 0.140 e. The number of aromatic amines is 1. The fraction of sp³-hybridized carbons (Fsp3) is 0.133. The molecule has 3 rings (SSSR count). The van der Waals surface area contributed by atoms with E-state index in [0.717, 1.165) is 28.0 Å². The minimum Gasteiger partial charge on any atom is -0.338 e. The number of nitrogens with zero attached hydrogens (tertiary/aromatic N) is 1. The van der Waals surface area contributed by atoms with Crippen molar-refractivity contribution in [3.63, 3.8) is 0 Å². The molecular formula is C15H12Cl2N2. The van der Waals surface area contributed by atoms with Gasteiger partial charge >= 0.3 is 0 Å². The highest BCUT2D eigenvalue weighted by Gasteiger charge is 2.12. The van der Waals surface area contributed by atoms with Crippen LogP contribution in [0.4, 0.5) is 0 Å². The number of rotatable bonds is 1. The molecule has 0 saturated heterocycles. The van der Waals surface area contributed by atoms with Gasteiger partial charge in [0.05, 0.1) is 21.1 Å². The number of H-pyrrole nitrogens is 1. The second kappa shape index (κ2) is 4.55. The van der Waals surface area contributed by atoms with E-state index in [1.807, 2.05) is 12.1 Å². The number of hydrogen-bond donors (Lipinski definition) is 1. The van der Waals surface area contributed by atoms with Crippen molar-refractivity contribution in [3.05, 3.63) is 51.5 Å². The number of imidazole rings is 1. The van der Waals surface area contributed by atoms with Gasteiger partial charge in [0.2, 0.25) is 0 Å². The van der Waals surface area contributed by atoms with Gasteiger partial charge in [0.15, 0.2) is 0 Å². The van der Waals surface area contributed by atoms with E-state index in [4.69, 9.17) is 23.2 Å². The predicted octanol–water partition coefficient (Wildman–Crippen LogP) is 5.15. The monoisotopic (exact) mass is 290 g/mol. The summed E-state index contributed by atoms with van der Waals surface area (Å²) < 4.78 is 0. The van der Waals surface area contributed by atoms with E-state index >= 15 is 0 Å². The molecule has 4 heteroatoms. The fourth-order valence-electron chi connectivity index (χ4n) is 2.29. The van der Waals surface area contributed by atoms with Crippen LogP contribution in [0.5, 0.6) is 0 Å². The number of nitrogens with one attached hydrogen (secondary N) is 1. The molecule has 2 nitrogen and oxygen atoms in total. The Labute approximate surface area is 121 Å². The highest BCUT2D eigenvalue weighted by molar-refractivity contribution is 6.43. The molecule has 0 aliphatic carbocycles. The summed E-state index contributed by atoms with van der Waals surface area (Å²) in [4.78, 5) is 7.93. The lowest BCUT2D eigenvalue weighted by atomic mass is 10.1. The fourth-order valence-corrected chi connectivity index (χ4v) is 2.68. The molecule has 1 heterocycles. The Morgan fingerprint density at radius 1 is 1.11 bits per heavy atom. The highest BCUT2D eigenvalue weighted by atomic mass is 35.5. The van der Waals surface area contributed by atoms with Crippen molar-refractivity contribution >= 4 is 34.2 Å². The first kappa shape index (κ1) is 12.5. The molecule has 1 aromatic heterocycles. The zero-order valence-corrected chi connectivity index (χ0v) is 12.1. The number of aromatic nitrogens is 2. The van der Waals surface area contributed by atoms with Crippen LogP contribution in [-0.4, -0.2) is 9.97 Å². The molecule has 0 saturated carbocycles. The molecular weight excluding hydrogens is 279 g/mol. The number of hydrogen-bond acceptors (Lipinski definition) is 1. The van der Waals surface area contributed by atoms with Gasteiger partial charge in [-0.25, -0.2) is 4.98 Å². The summed E-state index contributed by atoms with van der Waals surface area (Å²) in [6, 6.07) is 9.75. The SMILES string of the molecule is Cc1cc(C)c2nc(-c3cccc(Cl)c3Cl)[nH]c2c1. The predicted molar refractivity (Wildman–Crippen MR) is 81.0 cm³/mol. The standard InChI is InChI=1S/C15H12Cl2N2/c1-8-6-9(2)14-12(7-8)18-15(19-14)10-4-3-5-11(16)13(10)17/h3-7H,1-2H3,(H,18,19). The van der Waals surface area contributed by atoms with Crippen LogP contribution in [-0.2, 0) is 0 Å². The molecule has 1 N–H and O–H groups in total. The molecule has 0 amide bonds. The summed E-state index contributed by atoms with van der Waals surface area (Å²) in [6.07, 6.45) is 0. The highest BCUT2D eigenvalue weighted by Crippen LogP contribution is 2.33. The smallest absolute Gasteiger partial charge is 0.140 e. The van der Waals surface area contributed by atoms with Crippen molar-refractivity contribution in [1.29, 1.82) is 0 Å². The van der Waals surface area contributed by atoms with Crippen molar-refractivity contribution < 1.29 is 0 Å². The normalized spacial score (nSPS) is 11.2. The van der Waals surface area contributed by atoms with Gasteiger partial charge in [-0.2, -0.15) is 0 Å². The molecule has 0 atom stereocenters. The first-order valence-electron chi connectivity index (χ1n) is 5.97. The lowest BCUT2D eigenvalue weighted by molar-refractivity contribution is 1.33. The molecule has 0 bridgehead atoms. The Balaban J connectivity index is 2.26. The van der Waals surface area contributed by atoms with Gasteiger partial charge in [0, 0.05) is 5.56 Å². The minimum absolute atomic E-state index is 0.526. The van der Waals surface area contributed by atoms with E-state index in [1.54, 1.807) is 6.07 Å². The minimum atomic E-state index is 0.526.